The maximum Gasteiger partial charge on any atom is 0.158 e. The summed E-state index contributed by atoms with van der Waals surface area (Å²) < 4.78 is 0. The SMILES string of the molecule is CCc1nnnc(Cl)c1CC. The van der Waals surface area contributed by atoms with Gasteiger partial charge in [-0.2, -0.15) is 0 Å². The molecule has 0 spiro atoms. The molecule has 0 atom stereocenters. The number of halogens is 1. The van der Waals surface area contributed by atoms with Crippen molar-refractivity contribution < 1.29 is 0 Å². The van der Waals surface area contributed by atoms with Gasteiger partial charge in [0.05, 0.1) is 5.69 Å². The molecule has 1 rings (SSSR count). The van der Waals surface area contributed by atoms with Crippen LogP contribution >= 0.6 is 11.6 Å². The van der Waals surface area contributed by atoms with Gasteiger partial charge in [0.1, 0.15) is 0 Å². The van der Waals surface area contributed by atoms with Gasteiger partial charge in [0.25, 0.3) is 0 Å². The number of rotatable bonds is 2. The summed E-state index contributed by atoms with van der Waals surface area (Å²) in [6.45, 7) is 4.06. The Hall–Kier alpha value is -0.700. The van der Waals surface area contributed by atoms with E-state index in [1.54, 1.807) is 0 Å². The molecule has 11 heavy (non-hydrogen) atoms. The Morgan fingerprint density at radius 2 is 1.91 bits per heavy atom. The van der Waals surface area contributed by atoms with Crippen molar-refractivity contribution in [2.75, 3.05) is 0 Å². The molecule has 0 unspecified atom stereocenters. The highest BCUT2D eigenvalue weighted by molar-refractivity contribution is 6.30. The minimum absolute atomic E-state index is 0.486. The molecule has 0 radical (unpaired) electrons. The van der Waals surface area contributed by atoms with Crippen LogP contribution in [-0.2, 0) is 12.8 Å². The molecule has 60 valence electrons. The summed E-state index contributed by atoms with van der Waals surface area (Å²) in [5, 5.41) is 11.6. The molecule has 1 aromatic rings. The Kier molecular flexibility index (Phi) is 2.76. The van der Waals surface area contributed by atoms with Crippen LogP contribution in [0.2, 0.25) is 5.15 Å². The first-order valence-electron chi connectivity index (χ1n) is 3.66. The number of hydrogen-bond acceptors (Lipinski definition) is 3. The van der Waals surface area contributed by atoms with Crippen molar-refractivity contribution in [1.29, 1.82) is 0 Å². The third-order valence-corrected chi connectivity index (χ3v) is 1.89. The minimum Gasteiger partial charge on any atom is -0.135 e. The van der Waals surface area contributed by atoms with Gasteiger partial charge < -0.3 is 0 Å². The van der Waals surface area contributed by atoms with E-state index in [4.69, 9.17) is 11.6 Å². The van der Waals surface area contributed by atoms with Crippen LogP contribution in [0.1, 0.15) is 25.1 Å². The van der Waals surface area contributed by atoms with Crippen molar-refractivity contribution in [2.45, 2.75) is 26.7 Å². The van der Waals surface area contributed by atoms with Gasteiger partial charge >= 0.3 is 0 Å². The molecule has 0 aromatic carbocycles. The van der Waals surface area contributed by atoms with Crippen LogP contribution < -0.4 is 0 Å². The predicted molar refractivity (Wildman–Crippen MR) is 43.6 cm³/mol. The fraction of sp³-hybridized carbons (Fsp3) is 0.571. The normalized spacial score (nSPS) is 10.1. The third-order valence-electron chi connectivity index (χ3n) is 1.58. The molecule has 1 heterocycles. The van der Waals surface area contributed by atoms with Crippen molar-refractivity contribution >= 4 is 11.6 Å². The van der Waals surface area contributed by atoms with E-state index in [-0.39, 0.29) is 0 Å². The number of nitrogens with zero attached hydrogens (tertiary/aromatic N) is 3. The fourth-order valence-electron chi connectivity index (χ4n) is 0.989. The molecule has 1 aromatic heterocycles. The first-order chi connectivity index (χ1) is 5.29. The molecule has 0 saturated heterocycles. The third kappa shape index (κ3) is 1.66. The highest BCUT2D eigenvalue weighted by atomic mass is 35.5. The summed E-state index contributed by atoms with van der Waals surface area (Å²) in [4.78, 5) is 0. The van der Waals surface area contributed by atoms with E-state index in [1.165, 1.54) is 0 Å². The van der Waals surface area contributed by atoms with Crippen LogP contribution in [0, 0.1) is 0 Å². The molecule has 0 amide bonds. The zero-order valence-electron chi connectivity index (χ0n) is 6.63. The second kappa shape index (κ2) is 3.62. The van der Waals surface area contributed by atoms with Crippen molar-refractivity contribution in [2.24, 2.45) is 0 Å². The Labute approximate surface area is 70.8 Å². The molecule has 3 nitrogen and oxygen atoms in total. The lowest BCUT2D eigenvalue weighted by Crippen LogP contribution is -2.01. The van der Waals surface area contributed by atoms with Crippen LogP contribution in [0.3, 0.4) is 0 Å². The lowest BCUT2D eigenvalue weighted by Gasteiger charge is -2.02. The topological polar surface area (TPSA) is 38.7 Å². The maximum absolute atomic E-state index is 5.79. The van der Waals surface area contributed by atoms with Crippen LogP contribution in [-0.4, -0.2) is 15.4 Å². The van der Waals surface area contributed by atoms with Crippen molar-refractivity contribution in [1.82, 2.24) is 15.4 Å². The molecule has 0 aliphatic heterocycles. The van der Waals surface area contributed by atoms with Gasteiger partial charge in [0.15, 0.2) is 5.15 Å². The van der Waals surface area contributed by atoms with Gasteiger partial charge in [-0.15, -0.1) is 10.2 Å². The van der Waals surface area contributed by atoms with E-state index in [9.17, 15) is 0 Å². The summed E-state index contributed by atoms with van der Waals surface area (Å²) >= 11 is 5.79. The maximum atomic E-state index is 5.79. The Morgan fingerprint density at radius 1 is 1.18 bits per heavy atom. The highest BCUT2D eigenvalue weighted by Gasteiger charge is 2.05. The van der Waals surface area contributed by atoms with Gasteiger partial charge in [-0.05, 0) is 18.1 Å². The van der Waals surface area contributed by atoms with Crippen molar-refractivity contribution in [3.8, 4) is 0 Å². The molecule has 0 aliphatic carbocycles. The van der Waals surface area contributed by atoms with E-state index >= 15 is 0 Å². The number of aromatic nitrogens is 3. The van der Waals surface area contributed by atoms with Crippen LogP contribution in [0.25, 0.3) is 0 Å². The predicted octanol–water partition coefficient (Wildman–Crippen LogP) is 1.65. The monoisotopic (exact) mass is 171 g/mol. The molecule has 0 saturated carbocycles. The summed E-state index contributed by atoms with van der Waals surface area (Å²) in [7, 11) is 0. The molecular weight excluding hydrogens is 162 g/mol. The Balaban J connectivity index is 3.13. The van der Waals surface area contributed by atoms with Gasteiger partial charge in [0.2, 0.25) is 0 Å². The summed E-state index contributed by atoms with van der Waals surface area (Å²) in [6.07, 6.45) is 1.73. The zero-order chi connectivity index (χ0) is 8.27. The molecule has 4 heteroatoms. The largest absolute Gasteiger partial charge is 0.158 e. The lowest BCUT2D eigenvalue weighted by atomic mass is 10.1. The fourth-order valence-corrected chi connectivity index (χ4v) is 1.27. The van der Waals surface area contributed by atoms with Crippen LogP contribution in [0.5, 0.6) is 0 Å². The standard InChI is InChI=1S/C7H10ClN3/c1-3-5-6(4-2)9-11-10-7(5)8/h3-4H2,1-2H3. The summed E-state index contributed by atoms with van der Waals surface area (Å²) in [5.41, 5.74) is 1.97. The molecule has 0 N–H and O–H groups in total. The van der Waals surface area contributed by atoms with E-state index in [0.717, 1.165) is 24.1 Å². The summed E-state index contributed by atoms with van der Waals surface area (Å²) in [5.74, 6) is 0. The molecule has 0 bridgehead atoms. The molecule has 0 fully saturated rings. The smallest absolute Gasteiger partial charge is 0.135 e. The quantitative estimate of drug-likeness (QED) is 0.679. The van der Waals surface area contributed by atoms with Gasteiger partial charge in [-0.1, -0.05) is 25.4 Å². The highest BCUT2D eigenvalue weighted by Crippen LogP contribution is 2.14. The van der Waals surface area contributed by atoms with Crippen LogP contribution in [0.15, 0.2) is 0 Å². The zero-order valence-corrected chi connectivity index (χ0v) is 7.39. The van der Waals surface area contributed by atoms with E-state index in [1.807, 2.05) is 13.8 Å². The second-order valence-electron chi connectivity index (χ2n) is 2.21. The first kappa shape index (κ1) is 8.40. The average molecular weight is 172 g/mol. The number of aryl methyl sites for hydroxylation is 1. The molecule has 0 aliphatic rings. The Morgan fingerprint density at radius 3 is 2.36 bits per heavy atom. The molecular formula is C7H10ClN3. The van der Waals surface area contributed by atoms with E-state index < -0.39 is 0 Å². The average Bonchev–Trinajstić information content (AvgIpc) is 2.04. The van der Waals surface area contributed by atoms with Gasteiger partial charge in [0, 0.05) is 5.56 Å². The van der Waals surface area contributed by atoms with Crippen molar-refractivity contribution in [3.63, 3.8) is 0 Å². The minimum atomic E-state index is 0.486. The first-order valence-corrected chi connectivity index (χ1v) is 4.04. The lowest BCUT2D eigenvalue weighted by molar-refractivity contribution is 0.786. The second-order valence-corrected chi connectivity index (χ2v) is 2.57. The number of hydrogen-bond donors (Lipinski definition) is 0. The van der Waals surface area contributed by atoms with Crippen LogP contribution in [0.4, 0.5) is 0 Å². The van der Waals surface area contributed by atoms with Gasteiger partial charge in [-0.3, -0.25) is 0 Å². The van der Waals surface area contributed by atoms with Gasteiger partial charge in [-0.25, -0.2) is 0 Å². The Bertz CT molecular complexity index is 249. The van der Waals surface area contributed by atoms with E-state index in [0.29, 0.717) is 5.15 Å². The van der Waals surface area contributed by atoms with E-state index in [2.05, 4.69) is 15.4 Å². The van der Waals surface area contributed by atoms with Crippen molar-refractivity contribution in [3.05, 3.63) is 16.4 Å². The summed E-state index contributed by atoms with van der Waals surface area (Å²) in [6, 6.07) is 0.